The van der Waals surface area contributed by atoms with Crippen molar-refractivity contribution in [3.05, 3.63) is 35.6 Å². The number of halogens is 1. The molecule has 4 heteroatoms. The minimum Gasteiger partial charge on any atom is -0.480 e. The molecule has 76 valence electrons. The molecular weight excluding hydrogens is 203 g/mol. The zero-order valence-corrected chi connectivity index (χ0v) is 8.77. The molecule has 1 aromatic rings. The van der Waals surface area contributed by atoms with E-state index >= 15 is 0 Å². The van der Waals surface area contributed by atoms with Crippen LogP contribution in [0.25, 0.3) is 0 Å². The monoisotopic (exact) mass is 214 g/mol. The molecule has 0 saturated heterocycles. The lowest BCUT2D eigenvalue weighted by atomic mass is 10.0. The highest BCUT2D eigenvalue weighted by atomic mass is 32.2. The normalized spacial score (nSPS) is 14.8. The first-order chi connectivity index (χ1) is 6.50. The molecule has 1 N–H and O–H groups in total. The van der Waals surface area contributed by atoms with Gasteiger partial charge in [0.1, 0.15) is 10.6 Å². The molecule has 0 heterocycles. The number of thioether (sulfide) groups is 1. The largest absolute Gasteiger partial charge is 0.480 e. The van der Waals surface area contributed by atoms with E-state index in [9.17, 15) is 9.18 Å². The van der Waals surface area contributed by atoms with Gasteiger partial charge in [0.05, 0.1) is 0 Å². The van der Waals surface area contributed by atoms with Crippen LogP contribution in [0.3, 0.4) is 0 Å². The van der Waals surface area contributed by atoms with Gasteiger partial charge in [-0.05, 0) is 30.9 Å². The summed E-state index contributed by atoms with van der Waals surface area (Å²) in [5.41, 5.74) is 0.470. The number of carboxylic acid groups (broad SMARTS) is 1. The third-order valence-electron chi connectivity index (χ3n) is 2.19. The molecule has 1 unspecified atom stereocenters. The molecule has 0 aliphatic rings. The van der Waals surface area contributed by atoms with Crippen LogP contribution in [-0.4, -0.2) is 17.3 Å². The van der Waals surface area contributed by atoms with Crippen LogP contribution in [0.15, 0.2) is 24.3 Å². The molecule has 0 spiro atoms. The standard InChI is InChI=1S/C10H11FO2S/c1-10(14-2,9(12)13)7-4-3-5-8(11)6-7/h3-6H,1-2H3,(H,12,13). The quantitative estimate of drug-likeness (QED) is 0.840. The molecule has 1 aromatic carbocycles. The van der Waals surface area contributed by atoms with Crippen molar-refractivity contribution >= 4 is 17.7 Å². The summed E-state index contributed by atoms with van der Waals surface area (Å²) in [4.78, 5) is 11.0. The Labute approximate surface area is 86.1 Å². The first kappa shape index (κ1) is 11.0. The van der Waals surface area contributed by atoms with E-state index in [1.54, 1.807) is 19.2 Å². The Morgan fingerprint density at radius 1 is 1.57 bits per heavy atom. The van der Waals surface area contributed by atoms with Crippen molar-refractivity contribution in [3.63, 3.8) is 0 Å². The van der Waals surface area contributed by atoms with Crippen molar-refractivity contribution in [1.82, 2.24) is 0 Å². The highest BCUT2D eigenvalue weighted by Gasteiger charge is 2.34. The van der Waals surface area contributed by atoms with Crippen molar-refractivity contribution in [2.24, 2.45) is 0 Å². The van der Waals surface area contributed by atoms with E-state index in [1.807, 2.05) is 0 Å². The molecule has 0 amide bonds. The second-order valence-corrected chi connectivity index (χ2v) is 4.28. The maximum Gasteiger partial charge on any atom is 0.324 e. The molecule has 0 aliphatic heterocycles. The van der Waals surface area contributed by atoms with E-state index in [2.05, 4.69) is 0 Å². The van der Waals surface area contributed by atoms with Gasteiger partial charge in [-0.2, -0.15) is 0 Å². The molecule has 0 fully saturated rings. The second-order valence-electron chi connectivity index (χ2n) is 3.05. The predicted molar refractivity (Wildman–Crippen MR) is 54.9 cm³/mol. The Morgan fingerprint density at radius 2 is 2.21 bits per heavy atom. The van der Waals surface area contributed by atoms with Gasteiger partial charge in [0, 0.05) is 0 Å². The fourth-order valence-electron chi connectivity index (χ4n) is 1.11. The van der Waals surface area contributed by atoms with Gasteiger partial charge in [-0.1, -0.05) is 12.1 Å². The lowest BCUT2D eigenvalue weighted by molar-refractivity contribution is -0.139. The molecule has 0 radical (unpaired) electrons. The average molecular weight is 214 g/mol. The maximum absolute atomic E-state index is 12.9. The van der Waals surface area contributed by atoms with Crippen LogP contribution in [-0.2, 0) is 9.54 Å². The Hall–Kier alpha value is -1.03. The zero-order chi connectivity index (χ0) is 10.8. The summed E-state index contributed by atoms with van der Waals surface area (Å²) in [6.07, 6.45) is 1.69. The molecule has 14 heavy (non-hydrogen) atoms. The van der Waals surface area contributed by atoms with E-state index < -0.39 is 16.5 Å². The molecular formula is C10H11FO2S. The van der Waals surface area contributed by atoms with Crippen LogP contribution in [0.1, 0.15) is 12.5 Å². The van der Waals surface area contributed by atoms with Gasteiger partial charge in [-0.15, -0.1) is 11.8 Å². The second kappa shape index (κ2) is 4.00. The van der Waals surface area contributed by atoms with Gasteiger partial charge in [0.25, 0.3) is 0 Å². The topological polar surface area (TPSA) is 37.3 Å². The number of hydrogen-bond donors (Lipinski definition) is 1. The smallest absolute Gasteiger partial charge is 0.324 e. The minimum absolute atomic E-state index is 0.413. The van der Waals surface area contributed by atoms with E-state index in [0.29, 0.717) is 5.56 Å². The summed E-state index contributed by atoms with van der Waals surface area (Å²) in [7, 11) is 0. The third kappa shape index (κ3) is 1.90. The SMILES string of the molecule is CSC(C)(C(=O)O)c1cccc(F)c1. The van der Waals surface area contributed by atoms with E-state index in [-0.39, 0.29) is 0 Å². The highest BCUT2D eigenvalue weighted by molar-refractivity contribution is 8.00. The van der Waals surface area contributed by atoms with Crippen LogP contribution >= 0.6 is 11.8 Å². The number of benzene rings is 1. The Bertz CT molecular complexity index is 354. The summed E-state index contributed by atoms with van der Waals surface area (Å²) < 4.78 is 11.8. The Balaban J connectivity index is 3.19. The van der Waals surface area contributed by atoms with E-state index in [1.165, 1.54) is 30.0 Å². The lowest BCUT2D eigenvalue weighted by Crippen LogP contribution is -2.28. The molecule has 0 aliphatic carbocycles. The number of hydrogen-bond acceptors (Lipinski definition) is 2. The maximum atomic E-state index is 12.9. The first-order valence-electron chi connectivity index (χ1n) is 4.05. The third-order valence-corrected chi connectivity index (χ3v) is 3.42. The first-order valence-corrected chi connectivity index (χ1v) is 5.28. The van der Waals surface area contributed by atoms with E-state index in [4.69, 9.17) is 5.11 Å². The van der Waals surface area contributed by atoms with Gasteiger partial charge in [-0.25, -0.2) is 4.39 Å². The van der Waals surface area contributed by atoms with Crippen molar-refractivity contribution in [3.8, 4) is 0 Å². The summed E-state index contributed by atoms with van der Waals surface area (Å²) in [6, 6.07) is 5.69. The van der Waals surface area contributed by atoms with Gasteiger partial charge < -0.3 is 5.11 Å². The summed E-state index contributed by atoms with van der Waals surface area (Å²) in [5.74, 6) is -1.38. The van der Waals surface area contributed by atoms with Crippen LogP contribution in [0.4, 0.5) is 4.39 Å². The molecule has 1 rings (SSSR count). The van der Waals surface area contributed by atoms with Crippen LogP contribution in [0.5, 0.6) is 0 Å². The summed E-state index contributed by atoms with van der Waals surface area (Å²) in [6.45, 7) is 1.56. The number of rotatable bonds is 3. The summed E-state index contributed by atoms with van der Waals surface area (Å²) in [5, 5.41) is 9.03. The molecule has 0 saturated carbocycles. The average Bonchev–Trinajstić information content (AvgIpc) is 2.16. The Morgan fingerprint density at radius 3 is 2.64 bits per heavy atom. The predicted octanol–water partition coefficient (Wildman–Crippen LogP) is 2.49. The van der Waals surface area contributed by atoms with Gasteiger partial charge in [0.2, 0.25) is 0 Å². The molecule has 0 bridgehead atoms. The van der Waals surface area contributed by atoms with Gasteiger partial charge in [0.15, 0.2) is 0 Å². The van der Waals surface area contributed by atoms with E-state index in [0.717, 1.165) is 0 Å². The fourth-order valence-corrected chi connectivity index (χ4v) is 1.65. The van der Waals surface area contributed by atoms with Crippen molar-refractivity contribution in [2.75, 3.05) is 6.26 Å². The molecule has 2 nitrogen and oxygen atoms in total. The highest BCUT2D eigenvalue weighted by Crippen LogP contribution is 2.34. The number of aliphatic carboxylic acids is 1. The number of carbonyl (C=O) groups is 1. The van der Waals surface area contributed by atoms with Gasteiger partial charge >= 0.3 is 5.97 Å². The number of carboxylic acids is 1. The Kier molecular flexibility index (Phi) is 3.16. The molecule has 1 atom stereocenters. The van der Waals surface area contributed by atoms with Crippen LogP contribution < -0.4 is 0 Å². The minimum atomic E-state index is -1.08. The zero-order valence-electron chi connectivity index (χ0n) is 7.95. The van der Waals surface area contributed by atoms with Crippen molar-refractivity contribution < 1.29 is 14.3 Å². The lowest BCUT2D eigenvalue weighted by Gasteiger charge is -2.22. The van der Waals surface area contributed by atoms with Crippen molar-refractivity contribution in [1.29, 1.82) is 0 Å². The summed E-state index contributed by atoms with van der Waals surface area (Å²) >= 11 is 1.18. The van der Waals surface area contributed by atoms with Crippen molar-refractivity contribution in [2.45, 2.75) is 11.7 Å². The fraction of sp³-hybridized carbons (Fsp3) is 0.300. The van der Waals surface area contributed by atoms with Gasteiger partial charge in [-0.3, -0.25) is 4.79 Å². The molecule has 0 aromatic heterocycles. The van der Waals surface area contributed by atoms with Crippen LogP contribution in [0, 0.1) is 5.82 Å². The van der Waals surface area contributed by atoms with Crippen LogP contribution in [0.2, 0.25) is 0 Å².